The maximum Gasteiger partial charge on any atom is 0.416 e. The maximum absolute atomic E-state index is 13.5. The molecule has 2 amide bonds. The lowest BCUT2D eigenvalue weighted by Crippen LogP contribution is -2.25. The first-order valence-electron chi connectivity index (χ1n) is 15.2. The number of anilines is 4. The summed E-state index contributed by atoms with van der Waals surface area (Å²) in [5.74, 6) is -0.271. The number of hydrogen-bond donors (Lipinski definition) is 4. The normalized spacial score (nSPS) is 15.2. The summed E-state index contributed by atoms with van der Waals surface area (Å²) >= 11 is 2.67. The van der Waals surface area contributed by atoms with Crippen molar-refractivity contribution >= 4 is 52.3 Å². The second-order valence-electron chi connectivity index (χ2n) is 11.4. The number of alkyl halides is 6. The monoisotopic (exact) mass is 703 g/mol. The van der Waals surface area contributed by atoms with Gasteiger partial charge < -0.3 is 27.0 Å². The molecule has 2 aliphatic rings. The number of nitrogens with one attached hydrogen (secondary N) is 2. The number of urea groups is 1. The largest absolute Gasteiger partial charge is 0.416 e. The predicted molar refractivity (Wildman–Crippen MR) is 177 cm³/mol. The maximum atomic E-state index is 13.5. The van der Waals surface area contributed by atoms with Gasteiger partial charge in [-0.05, 0) is 110 Å². The van der Waals surface area contributed by atoms with Crippen LogP contribution in [0.5, 0.6) is 0 Å². The van der Waals surface area contributed by atoms with Gasteiger partial charge in [0, 0.05) is 43.4 Å². The Hall–Kier alpha value is -3.85. The van der Waals surface area contributed by atoms with Crippen LogP contribution in [0.2, 0.25) is 0 Å². The summed E-state index contributed by atoms with van der Waals surface area (Å²) in [4.78, 5) is 17.9. The smallest absolute Gasteiger partial charge is 0.340 e. The molecule has 6 N–H and O–H groups in total. The van der Waals surface area contributed by atoms with Gasteiger partial charge in [0.25, 0.3) is 0 Å². The highest BCUT2D eigenvalue weighted by molar-refractivity contribution is 8.00. The minimum atomic E-state index is -4.48. The second kappa shape index (κ2) is 13.6. The zero-order chi connectivity index (χ0) is 34.2. The number of fused-ring (bicyclic) bond motifs is 4. The molecule has 1 atom stereocenters. The van der Waals surface area contributed by atoms with E-state index < -0.39 is 29.5 Å². The van der Waals surface area contributed by atoms with Crippen molar-refractivity contribution in [3.05, 3.63) is 95.1 Å². The minimum Gasteiger partial charge on any atom is -0.340 e. The van der Waals surface area contributed by atoms with Crippen LogP contribution < -0.4 is 27.0 Å². The van der Waals surface area contributed by atoms with Crippen LogP contribution >= 0.6 is 23.5 Å². The van der Waals surface area contributed by atoms with Crippen molar-refractivity contribution in [3.63, 3.8) is 0 Å². The summed E-state index contributed by atoms with van der Waals surface area (Å²) in [5.41, 5.74) is 13.7. The van der Waals surface area contributed by atoms with Crippen molar-refractivity contribution < 1.29 is 31.1 Å². The molecule has 0 saturated carbocycles. The number of carbonyl (C=O) groups excluding carboxylic acids is 1. The Morgan fingerprint density at radius 2 is 1.27 bits per heavy atom. The SMILES string of the molecule is NCCCC1c2ccc(NC(=O)Nc3ccc4c(c3)Sc3ccc(C(F)(F)F)cc3N4CCCN)cc2Sc2ccc(C(F)(F)F)cc21. The number of hydrogen-bond acceptors (Lipinski definition) is 6. The van der Waals surface area contributed by atoms with Crippen LogP contribution in [-0.2, 0) is 12.4 Å². The first kappa shape index (κ1) is 34.0. The Bertz CT molecular complexity index is 1720. The average Bonchev–Trinajstić information content (AvgIpc) is 3.03. The molecule has 6 rings (SSSR count). The van der Waals surface area contributed by atoms with E-state index >= 15 is 0 Å². The topological polar surface area (TPSA) is 96.4 Å². The average molecular weight is 704 g/mol. The van der Waals surface area contributed by atoms with Gasteiger partial charge in [-0.1, -0.05) is 29.6 Å². The third-order valence-electron chi connectivity index (χ3n) is 8.17. The highest BCUT2D eigenvalue weighted by atomic mass is 32.2. The quantitative estimate of drug-likeness (QED) is 0.137. The van der Waals surface area contributed by atoms with Crippen LogP contribution in [0, 0.1) is 0 Å². The third-order valence-corrected chi connectivity index (χ3v) is 10.4. The van der Waals surface area contributed by atoms with Gasteiger partial charge in [-0.3, -0.25) is 0 Å². The van der Waals surface area contributed by atoms with Gasteiger partial charge in [0.1, 0.15) is 0 Å². The number of amides is 2. The predicted octanol–water partition coefficient (Wildman–Crippen LogP) is 9.66. The van der Waals surface area contributed by atoms with E-state index in [9.17, 15) is 31.1 Å². The van der Waals surface area contributed by atoms with Crippen molar-refractivity contribution in [1.29, 1.82) is 0 Å². The van der Waals surface area contributed by atoms with Gasteiger partial charge in [-0.25, -0.2) is 4.79 Å². The second-order valence-corrected chi connectivity index (χ2v) is 13.6. The summed E-state index contributed by atoms with van der Waals surface area (Å²) in [6.45, 7) is 1.20. The van der Waals surface area contributed by atoms with E-state index in [4.69, 9.17) is 11.5 Å². The summed E-state index contributed by atoms with van der Waals surface area (Å²) < 4.78 is 81.0. The summed E-state index contributed by atoms with van der Waals surface area (Å²) in [7, 11) is 0. The lowest BCUT2D eigenvalue weighted by atomic mass is 9.86. The highest BCUT2D eigenvalue weighted by Gasteiger charge is 2.35. The van der Waals surface area contributed by atoms with E-state index in [0.717, 1.165) is 38.4 Å². The molecule has 6 nitrogen and oxygen atoms in total. The molecule has 252 valence electrons. The van der Waals surface area contributed by atoms with Crippen molar-refractivity contribution in [3.8, 4) is 0 Å². The molecule has 48 heavy (non-hydrogen) atoms. The van der Waals surface area contributed by atoms with Crippen molar-refractivity contribution in [2.45, 2.75) is 57.1 Å². The Kier molecular flexibility index (Phi) is 9.62. The van der Waals surface area contributed by atoms with Crippen LogP contribution in [0.3, 0.4) is 0 Å². The van der Waals surface area contributed by atoms with Crippen LogP contribution in [0.1, 0.15) is 47.4 Å². The fourth-order valence-corrected chi connectivity index (χ4v) is 8.24. The third kappa shape index (κ3) is 7.12. The van der Waals surface area contributed by atoms with Gasteiger partial charge in [0.2, 0.25) is 0 Å². The van der Waals surface area contributed by atoms with Gasteiger partial charge in [0.05, 0.1) is 22.5 Å². The lowest BCUT2D eigenvalue weighted by molar-refractivity contribution is -0.138. The van der Waals surface area contributed by atoms with E-state index in [1.165, 1.54) is 41.7 Å². The van der Waals surface area contributed by atoms with Crippen molar-refractivity contribution in [2.75, 3.05) is 35.2 Å². The standard InChI is InChI=1S/C34H31F6N5OS2/c35-33(36,37)19-4-10-28-25(15-19)23(3-1-12-41)24-8-6-21(17-30(24)47-28)43-32(46)44-22-7-9-26-31(18-22)48-29-11-5-20(34(38,39)40)16-27(29)45(26)14-2-13-42/h4-11,15-18,23H,1-3,12-14,41-42H2,(H2,43,44,46). The lowest BCUT2D eigenvalue weighted by Gasteiger charge is -2.33. The van der Waals surface area contributed by atoms with Gasteiger partial charge in [-0.15, -0.1) is 0 Å². The van der Waals surface area contributed by atoms with Crippen LogP contribution in [-0.4, -0.2) is 25.7 Å². The van der Waals surface area contributed by atoms with Gasteiger partial charge in [0.15, 0.2) is 0 Å². The molecular weight excluding hydrogens is 673 g/mol. The van der Waals surface area contributed by atoms with Crippen LogP contribution in [0.4, 0.5) is 53.9 Å². The Morgan fingerprint density at radius 3 is 1.94 bits per heavy atom. The molecule has 0 fully saturated rings. The fourth-order valence-electron chi connectivity index (χ4n) is 5.92. The molecule has 0 bridgehead atoms. The van der Waals surface area contributed by atoms with Crippen molar-refractivity contribution in [1.82, 2.24) is 0 Å². The number of halogens is 6. The zero-order valence-electron chi connectivity index (χ0n) is 25.3. The summed E-state index contributed by atoms with van der Waals surface area (Å²) in [6.07, 6.45) is -7.15. The van der Waals surface area contributed by atoms with Crippen LogP contribution in [0.25, 0.3) is 0 Å². The van der Waals surface area contributed by atoms with E-state index in [2.05, 4.69) is 10.6 Å². The molecule has 14 heteroatoms. The van der Waals surface area contributed by atoms with E-state index in [-0.39, 0.29) is 5.92 Å². The van der Waals surface area contributed by atoms with Crippen LogP contribution in [0.15, 0.2) is 92.4 Å². The summed E-state index contributed by atoms with van der Waals surface area (Å²) in [6, 6.07) is 17.5. The number of nitrogens with two attached hydrogens (primary N) is 2. The zero-order valence-corrected chi connectivity index (χ0v) is 27.0. The number of rotatable bonds is 8. The molecule has 0 saturated heterocycles. The Balaban J connectivity index is 1.20. The van der Waals surface area contributed by atoms with E-state index in [0.29, 0.717) is 72.1 Å². The van der Waals surface area contributed by atoms with E-state index in [1.54, 1.807) is 30.3 Å². The van der Waals surface area contributed by atoms with Gasteiger partial charge in [-0.2, -0.15) is 26.3 Å². The number of carbonyl (C=O) groups is 1. The van der Waals surface area contributed by atoms with Crippen molar-refractivity contribution in [2.24, 2.45) is 11.5 Å². The molecule has 0 aliphatic carbocycles. The molecule has 0 radical (unpaired) electrons. The minimum absolute atomic E-state index is 0.271. The summed E-state index contributed by atoms with van der Waals surface area (Å²) in [5, 5.41) is 5.66. The Morgan fingerprint density at radius 1 is 0.667 bits per heavy atom. The molecule has 2 heterocycles. The molecule has 2 aliphatic heterocycles. The molecule has 0 aromatic heterocycles. The molecule has 0 spiro atoms. The first-order valence-corrected chi connectivity index (χ1v) is 16.8. The van der Waals surface area contributed by atoms with Gasteiger partial charge >= 0.3 is 18.4 Å². The molecule has 1 unspecified atom stereocenters. The molecule has 4 aromatic rings. The Labute approximate surface area is 281 Å². The highest BCUT2D eigenvalue weighted by Crippen LogP contribution is 2.51. The fraction of sp³-hybridized carbons (Fsp3) is 0.265. The van der Waals surface area contributed by atoms with E-state index in [1.807, 2.05) is 11.0 Å². The number of benzene rings is 4. The first-order chi connectivity index (χ1) is 22.9. The molecular formula is C34H31F6N5OS2. The number of nitrogens with zero attached hydrogens (tertiary/aromatic N) is 1. The molecule has 4 aromatic carbocycles.